The van der Waals surface area contributed by atoms with E-state index >= 15 is 0 Å². The molecule has 0 aromatic heterocycles. The molecule has 46 heavy (non-hydrogen) atoms. The molecule has 0 bridgehead atoms. The normalized spacial score (nSPS) is 32.7. The predicted octanol–water partition coefficient (Wildman–Crippen LogP) is 13.5. The van der Waals surface area contributed by atoms with Crippen molar-refractivity contribution in [2.45, 2.75) is 128 Å². The average Bonchev–Trinajstić information content (AvgIpc) is 3.75. The largest absolute Gasteiger partial charge is 4.00 e. The van der Waals surface area contributed by atoms with E-state index < -0.39 is 15.2 Å². The molecule has 0 nitrogen and oxygen atoms in total. The molecule has 0 spiro atoms. The summed E-state index contributed by atoms with van der Waals surface area (Å²) in [5.74, 6) is 7.36. The van der Waals surface area contributed by atoms with Gasteiger partial charge in [0.25, 0.3) is 0 Å². The molecule has 0 N–H and O–H groups in total. The summed E-state index contributed by atoms with van der Waals surface area (Å²) in [6.07, 6.45) is 16.7. The van der Waals surface area contributed by atoms with E-state index in [1.54, 1.807) is 47.9 Å². The van der Waals surface area contributed by atoms with Gasteiger partial charge in [-0.15, -0.1) is 0 Å². The Morgan fingerprint density at radius 2 is 1.28 bits per heavy atom. The van der Waals surface area contributed by atoms with E-state index in [9.17, 15) is 0 Å². The summed E-state index contributed by atoms with van der Waals surface area (Å²) >= 11 is 0. The second-order valence-corrected chi connectivity index (χ2v) is 33.0. The van der Waals surface area contributed by atoms with Crippen molar-refractivity contribution in [2.24, 2.45) is 41.4 Å². The summed E-state index contributed by atoms with van der Waals surface area (Å²) in [5, 5.41) is 0. The molecule has 4 saturated carbocycles. The minimum Gasteiger partial charge on any atom is -0.358 e. The quantitative estimate of drug-likeness (QED) is 0.196. The summed E-state index contributed by atoms with van der Waals surface area (Å²) < 4.78 is 0. The Labute approximate surface area is 309 Å². The van der Waals surface area contributed by atoms with E-state index in [0.29, 0.717) is 5.92 Å². The van der Waals surface area contributed by atoms with Gasteiger partial charge in [0.1, 0.15) is 0 Å². The van der Waals surface area contributed by atoms with Gasteiger partial charge in [-0.1, -0.05) is 140 Å². The molecular weight excluding hydrogens is 664 g/mol. The van der Waals surface area contributed by atoms with Gasteiger partial charge in [-0.05, 0) is 94.0 Å². The van der Waals surface area contributed by atoms with E-state index in [0.717, 1.165) is 52.5 Å². The Balaban J connectivity index is 0.00000147. The number of hydrogen-bond donors (Lipinski definition) is 0. The molecule has 4 fully saturated rings. The zero-order valence-electron chi connectivity index (χ0n) is 31.7. The van der Waals surface area contributed by atoms with Crippen LogP contribution in [-0.4, -0.2) is 15.2 Å². The first-order valence-corrected chi connectivity index (χ1v) is 25.1. The second kappa shape index (κ2) is 16.2. The summed E-state index contributed by atoms with van der Waals surface area (Å²) in [4.78, 5) is 0. The minimum atomic E-state index is -1.41. The topological polar surface area (TPSA) is 0 Å². The third kappa shape index (κ3) is 6.64. The molecule has 0 aliphatic heterocycles. The molecule has 9 unspecified atom stereocenters. The Morgan fingerprint density at radius 3 is 1.89 bits per heavy atom. The fraction of sp³-hybridized carbons (Fsp3) is 0.628. The van der Waals surface area contributed by atoms with Gasteiger partial charge >= 0.3 is 26.2 Å². The summed E-state index contributed by atoms with van der Waals surface area (Å²) in [5.41, 5.74) is 8.61. The molecule has 2 aromatic carbocycles. The van der Waals surface area contributed by atoms with E-state index in [1.165, 1.54) is 44.9 Å². The van der Waals surface area contributed by atoms with Crippen LogP contribution in [0.1, 0.15) is 102 Å². The van der Waals surface area contributed by atoms with Crippen molar-refractivity contribution in [2.75, 3.05) is 0 Å². The smallest absolute Gasteiger partial charge is 0.358 e. The van der Waals surface area contributed by atoms with Crippen LogP contribution in [0.15, 0.2) is 48.5 Å². The predicted molar refractivity (Wildman–Crippen MR) is 208 cm³/mol. The van der Waals surface area contributed by atoms with Gasteiger partial charge in [-0.2, -0.15) is 0 Å². The van der Waals surface area contributed by atoms with Crippen LogP contribution in [0, 0.1) is 71.1 Å². The number of fused-ring (bicyclic) bond motifs is 5. The molecule has 9 atom stereocenters. The third-order valence-corrected chi connectivity index (χ3v) is 35.6. The van der Waals surface area contributed by atoms with Crippen molar-refractivity contribution in [3.8, 4) is 11.1 Å². The van der Waals surface area contributed by atoms with Crippen LogP contribution >= 0.6 is 0 Å². The average molecular weight is 734 g/mol. The van der Waals surface area contributed by atoms with Crippen LogP contribution < -0.4 is 0 Å². The first kappa shape index (κ1) is 41.9. The van der Waals surface area contributed by atoms with Gasteiger partial charge in [0.15, 0.2) is 0 Å². The minimum absolute atomic E-state index is 0. The van der Waals surface area contributed by atoms with Crippen LogP contribution in [0.3, 0.4) is 0 Å². The Bertz CT molecular complexity index is 1210. The van der Waals surface area contributed by atoms with Crippen LogP contribution in [0.2, 0.25) is 37.3 Å². The molecule has 0 radical (unpaired) electrons. The van der Waals surface area contributed by atoms with Crippen molar-refractivity contribution in [1.29, 1.82) is 0 Å². The van der Waals surface area contributed by atoms with Crippen molar-refractivity contribution in [3.63, 3.8) is 0 Å². The summed E-state index contributed by atoms with van der Waals surface area (Å²) in [6.45, 7) is 16.8. The van der Waals surface area contributed by atoms with Gasteiger partial charge in [0.05, 0.1) is 0 Å². The van der Waals surface area contributed by atoms with Crippen LogP contribution in [0.5, 0.6) is 0 Å². The van der Waals surface area contributed by atoms with Crippen LogP contribution in [0.25, 0.3) is 11.1 Å². The number of rotatable bonds is 7. The Kier molecular flexibility index (Phi) is 14.8. The first-order chi connectivity index (χ1) is 19.7. The molecule has 5 aliphatic rings. The molecule has 0 heterocycles. The van der Waals surface area contributed by atoms with Crippen molar-refractivity contribution < 1.29 is 26.2 Å². The fourth-order valence-electron chi connectivity index (χ4n) is 12.5. The number of benzene rings is 2. The van der Waals surface area contributed by atoms with Crippen LogP contribution in [0.4, 0.5) is 0 Å². The molecule has 7 rings (SSSR count). The molecule has 0 amide bonds. The van der Waals surface area contributed by atoms with E-state index in [4.69, 9.17) is 0 Å². The van der Waals surface area contributed by atoms with Crippen molar-refractivity contribution >= 4 is 15.2 Å². The molecule has 2 aromatic rings. The Morgan fingerprint density at radius 1 is 0.674 bits per heavy atom. The number of hydrogen-bond acceptors (Lipinski definition) is 0. The molecule has 0 saturated heterocycles. The molecule has 3 heteroatoms. The molecule has 254 valence electrons. The van der Waals surface area contributed by atoms with Gasteiger partial charge in [0.2, 0.25) is 0 Å². The van der Waals surface area contributed by atoms with E-state index in [1.807, 2.05) is 0 Å². The SMILES string of the molecule is CCCCC1CCC([Si](C)(C)[Si](C)(C)C2C(C)CC3C2CC2CCCC2C3C2c3ccccc3-c3ccccc32)C1.[CH3-].[CH3-].[CH3-].[CH3-].[Zr+4]. The maximum Gasteiger partial charge on any atom is 4.00 e. The van der Waals surface area contributed by atoms with E-state index in [2.05, 4.69) is 88.6 Å². The van der Waals surface area contributed by atoms with Crippen molar-refractivity contribution in [3.05, 3.63) is 89.4 Å². The van der Waals surface area contributed by atoms with Gasteiger partial charge < -0.3 is 29.7 Å². The summed E-state index contributed by atoms with van der Waals surface area (Å²) in [7, 11) is -2.74. The Hall–Kier alpha value is -0.243. The zero-order chi connectivity index (χ0) is 28.5. The standard InChI is InChI=1S/C39H58Si2.4CH3.Zr/c1-7-8-14-27-21-22-29(24-27)40(3,4)41(5,6)39-26(2)23-35-36(39)25-28-15-13-20-30(28)37(35)38-33-18-11-9-16-31(33)32-17-10-12-19-34(32)38;;;;;/h9-12,16-19,26-30,35-39H,7-8,13-15,20-25H2,1-6H3;4*1H3;/q;4*-1;+4. The maximum atomic E-state index is 2.94. The summed E-state index contributed by atoms with van der Waals surface area (Å²) in [6, 6.07) is 19.1. The van der Waals surface area contributed by atoms with Gasteiger partial charge in [0, 0.05) is 21.1 Å². The van der Waals surface area contributed by atoms with Gasteiger partial charge in [-0.25, -0.2) is 0 Å². The monoisotopic (exact) mass is 732 g/mol. The maximum absolute atomic E-state index is 2.94. The second-order valence-electron chi connectivity index (χ2n) is 16.8. The molecule has 5 aliphatic carbocycles. The van der Waals surface area contributed by atoms with E-state index in [-0.39, 0.29) is 55.9 Å². The van der Waals surface area contributed by atoms with Crippen molar-refractivity contribution in [1.82, 2.24) is 0 Å². The number of unbranched alkanes of at least 4 members (excludes halogenated alkanes) is 1. The third-order valence-electron chi connectivity index (χ3n) is 14.8. The van der Waals surface area contributed by atoms with Crippen LogP contribution in [-0.2, 0) is 26.2 Å². The molecular formula is C43H70Si2Zr. The fourth-order valence-corrected chi connectivity index (χ4v) is 27.3. The van der Waals surface area contributed by atoms with Gasteiger partial charge in [-0.3, -0.25) is 0 Å². The first-order valence-electron chi connectivity index (χ1n) is 17.9. The zero-order valence-corrected chi connectivity index (χ0v) is 36.1.